The van der Waals surface area contributed by atoms with E-state index in [2.05, 4.69) is 30.7 Å². The van der Waals surface area contributed by atoms with Gasteiger partial charge in [0.25, 0.3) is 0 Å². The van der Waals surface area contributed by atoms with Crippen molar-refractivity contribution in [2.75, 3.05) is 24.6 Å². The average Bonchev–Trinajstić information content (AvgIpc) is 2.77. The number of hydrogen-bond donors (Lipinski definition) is 0. The highest BCUT2D eigenvalue weighted by molar-refractivity contribution is 5.97. The highest BCUT2D eigenvalue weighted by Crippen LogP contribution is 2.35. The molecule has 0 bridgehead atoms. The van der Waals surface area contributed by atoms with Gasteiger partial charge in [-0.25, -0.2) is 4.98 Å². The molecule has 0 aromatic heterocycles. The largest absolute Gasteiger partial charge is 0.494 e. The van der Waals surface area contributed by atoms with Gasteiger partial charge in [0.2, 0.25) is 11.2 Å². The molecule has 0 saturated carbocycles. The minimum Gasteiger partial charge on any atom is -0.494 e. The molecule has 0 radical (unpaired) electrons. The highest BCUT2D eigenvalue weighted by Gasteiger charge is 2.23. The molecular weight excluding hydrogens is 383 g/mol. The molecule has 0 spiro atoms. The third-order valence-electron chi connectivity index (χ3n) is 5.39. The van der Waals surface area contributed by atoms with Gasteiger partial charge in [0, 0.05) is 35.6 Å². The summed E-state index contributed by atoms with van der Waals surface area (Å²) >= 11 is 0. The number of nitrogens with zero attached hydrogens (tertiary/aromatic N) is 2. The molecule has 30 heavy (non-hydrogen) atoms. The van der Waals surface area contributed by atoms with E-state index in [1.54, 1.807) is 18.2 Å². The number of unbranched alkanes of at least 4 members (excludes halogenated alkanes) is 1. The van der Waals surface area contributed by atoms with E-state index in [1.807, 2.05) is 18.2 Å². The van der Waals surface area contributed by atoms with Crippen LogP contribution < -0.4 is 15.1 Å². The van der Waals surface area contributed by atoms with E-state index in [9.17, 15) is 9.18 Å². The second kappa shape index (κ2) is 8.30. The summed E-state index contributed by atoms with van der Waals surface area (Å²) in [5.74, 6) is -0.413. The maximum atomic E-state index is 14.9. The van der Waals surface area contributed by atoms with Gasteiger partial charge in [-0.05, 0) is 50.6 Å². The molecule has 0 fully saturated rings. The molecule has 1 heterocycles. The smallest absolute Gasteiger partial charge is 0.226 e. The molecular formula is C24H25FN2O3. The standard InChI is InChI=1S/C24H25FN2O3/c1-4-7-12-29-16-9-10-17-18(14-16)22-24(21(25)23(17)28)30-20-13-15(27(5-2)6-3)8-11-19(20)26-22/h8-11,13-14H,4-7,12H2,1-3H3. The summed E-state index contributed by atoms with van der Waals surface area (Å²) in [7, 11) is 0. The Bertz CT molecular complexity index is 1230. The van der Waals surface area contributed by atoms with Crippen LogP contribution >= 0.6 is 0 Å². The molecule has 156 valence electrons. The number of halogens is 1. The Kier molecular flexibility index (Phi) is 5.57. The third kappa shape index (κ3) is 3.47. The molecule has 0 amide bonds. The third-order valence-corrected chi connectivity index (χ3v) is 5.39. The number of hydrogen-bond acceptors (Lipinski definition) is 5. The highest BCUT2D eigenvalue weighted by atomic mass is 19.1. The summed E-state index contributed by atoms with van der Waals surface area (Å²) in [5, 5.41) is 0.800. The lowest BCUT2D eigenvalue weighted by Crippen LogP contribution is -2.21. The number of anilines is 1. The van der Waals surface area contributed by atoms with Crippen molar-refractivity contribution in [2.45, 2.75) is 33.6 Å². The predicted octanol–water partition coefficient (Wildman–Crippen LogP) is 5.61. The monoisotopic (exact) mass is 408 g/mol. The van der Waals surface area contributed by atoms with Crippen LogP contribution in [0.5, 0.6) is 5.75 Å². The van der Waals surface area contributed by atoms with Crippen LogP contribution in [0.25, 0.3) is 33.3 Å². The number of fused-ring (bicyclic) bond motifs is 4. The van der Waals surface area contributed by atoms with Gasteiger partial charge in [0.1, 0.15) is 17.0 Å². The van der Waals surface area contributed by atoms with Gasteiger partial charge in [-0.15, -0.1) is 0 Å². The zero-order valence-electron chi connectivity index (χ0n) is 17.5. The fraction of sp³-hybridized carbons (Fsp3) is 0.333. The van der Waals surface area contributed by atoms with Gasteiger partial charge < -0.3 is 14.1 Å². The second-order valence-electron chi connectivity index (χ2n) is 7.27. The summed E-state index contributed by atoms with van der Waals surface area (Å²) in [6, 6.07) is 10.7. The van der Waals surface area contributed by atoms with Crippen LogP contribution in [0.1, 0.15) is 33.6 Å². The van der Waals surface area contributed by atoms with Crippen molar-refractivity contribution in [3.05, 3.63) is 52.4 Å². The lowest BCUT2D eigenvalue weighted by molar-refractivity contribution is 0.310. The Balaban J connectivity index is 1.93. The molecule has 2 aliphatic rings. The average molecular weight is 408 g/mol. The second-order valence-corrected chi connectivity index (χ2v) is 7.27. The van der Waals surface area contributed by atoms with Crippen molar-refractivity contribution in [3.8, 4) is 17.2 Å². The van der Waals surface area contributed by atoms with Crippen LogP contribution in [-0.4, -0.2) is 24.7 Å². The minimum absolute atomic E-state index is 0.123. The van der Waals surface area contributed by atoms with E-state index in [0.29, 0.717) is 34.5 Å². The summed E-state index contributed by atoms with van der Waals surface area (Å²) in [5.41, 5.74) is 1.65. The lowest BCUT2D eigenvalue weighted by Gasteiger charge is -2.21. The lowest BCUT2D eigenvalue weighted by atomic mass is 10.0. The topological polar surface area (TPSA) is 55.6 Å². The van der Waals surface area contributed by atoms with Gasteiger partial charge in [0.05, 0.1) is 6.61 Å². The van der Waals surface area contributed by atoms with Crippen molar-refractivity contribution < 1.29 is 13.5 Å². The first-order valence-electron chi connectivity index (χ1n) is 10.4. The maximum Gasteiger partial charge on any atom is 0.226 e. The summed E-state index contributed by atoms with van der Waals surface area (Å²) in [6.45, 7) is 8.49. The van der Waals surface area contributed by atoms with Crippen LogP contribution in [0.4, 0.5) is 10.1 Å². The zero-order chi connectivity index (χ0) is 21.3. The Morgan fingerprint density at radius 3 is 2.60 bits per heavy atom. The van der Waals surface area contributed by atoms with Gasteiger partial charge in [-0.2, -0.15) is 4.39 Å². The normalized spacial score (nSPS) is 11.5. The molecule has 0 saturated heterocycles. The summed E-state index contributed by atoms with van der Waals surface area (Å²) < 4.78 is 26.6. The van der Waals surface area contributed by atoms with E-state index in [1.165, 1.54) is 0 Å². The van der Waals surface area contributed by atoms with Crippen molar-refractivity contribution in [3.63, 3.8) is 0 Å². The molecule has 2 aromatic carbocycles. The summed E-state index contributed by atoms with van der Waals surface area (Å²) in [6.07, 6.45) is 1.95. The maximum absolute atomic E-state index is 14.9. The minimum atomic E-state index is -0.917. The first-order valence-corrected chi connectivity index (χ1v) is 10.4. The number of ether oxygens (including phenoxy) is 1. The van der Waals surface area contributed by atoms with Crippen LogP contribution in [0.2, 0.25) is 0 Å². The molecule has 5 nitrogen and oxygen atoms in total. The Morgan fingerprint density at radius 1 is 1.07 bits per heavy atom. The Labute approximate surface area is 174 Å². The van der Waals surface area contributed by atoms with Crippen molar-refractivity contribution >= 4 is 27.6 Å². The first-order chi connectivity index (χ1) is 14.6. The molecule has 4 rings (SSSR count). The van der Waals surface area contributed by atoms with Gasteiger partial charge in [-0.1, -0.05) is 13.3 Å². The molecule has 0 unspecified atom stereocenters. The zero-order valence-corrected chi connectivity index (χ0v) is 17.5. The number of aromatic nitrogens is 1. The fourth-order valence-corrected chi connectivity index (χ4v) is 3.69. The van der Waals surface area contributed by atoms with E-state index in [4.69, 9.17) is 9.15 Å². The van der Waals surface area contributed by atoms with Crippen molar-refractivity contribution in [2.24, 2.45) is 0 Å². The Morgan fingerprint density at radius 2 is 1.87 bits per heavy atom. The van der Waals surface area contributed by atoms with Crippen LogP contribution in [-0.2, 0) is 0 Å². The van der Waals surface area contributed by atoms with E-state index in [-0.39, 0.29) is 11.1 Å². The molecule has 0 N–H and O–H groups in total. The Hall–Kier alpha value is -3.15. The fourth-order valence-electron chi connectivity index (χ4n) is 3.69. The van der Waals surface area contributed by atoms with E-state index >= 15 is 0 Å². The van der Waals surface area contributed by atoms with E-state index < -0.39 is 11.2 Å². The molecule has 1 aliphatic carbocycles. The van der Waals surface area contributed by atoms with Crippen LogP contribution in [0.3, 0.4) is 0 Å². The van der Waals surface area contributed by atoms with Crippen LogP contribution in [0.15, 0.2) is 45.6 Å². The van der Waals surface area contributed by atoms with Gasteiger partial charge in [0.15, 0.2) is 11.3 Å². The number of benzene rings is 3. The number of rotatable bonds is 7. The van der Waals surface area contributed by atoms with Gasteiger partial charge in [-0.3, -0.25) is 4.79 Å². The quantitative estimate of drug-likeness (QED) is 0.226. The van der Waals surface area contributed by atoms with Gasteiger partial charge >= 0.3 is 0 Å². The van der Waals surface area contributed by atoms with E-state index in [0.717, 1.165) is 31.6 Å². The van der Waals surface area contributed by atoms with Crippen molar-refractivity contribution in [1.82, 2.24) is 4.98 Å². The molecule has 6 heteroatoms. The van der Waals surface area contributed by atoms with Crippen molar-refractivity contribution in [1.29, 1.82) is 0 Å². The first kappa shape index (κ1) is 20.1. The molecule has 0 atom stereocenters. The SMILES string of the molecule is CCCCOc1ccc2c(=O)c(F)c3oc4cc(N(CC)CC)ccc4nc-3c2c1. The predicted molar refractivity (Wildman–Crippen MR) is 118 cm³/mol. The molecule has 2 aromatic rings. The van der Waals surface area contributed by atoms with Crippen LogP contribution in [0, 0.1) is 5.82 Å². The summed E-state index contributed by atoms with van der Waals surface area (Å²) in [4.78, 5) is 19.4. The molecule has 1 aliphatic heterocycles.